The summed E-state index contributed by atoms with van der Waals surface area (Å²) in [5, 5.41) is 48.9. The van der Waals surface area contributed by atoms with Crippen molar-refractivity contribution in [1.29, 1.82) is 0 Å². The number of hydrazine groups is 1. The molecule has 1 aliphatic rings. The lowest BCUT2D eigenvalue weighted by Crippen LogP contribution is -2.59. The van der Waals surface area contributed by atoms with Gasteiger partial charge in [0, 0.05) is 12.8 Å². The monoisotopic (exact) mass is 1160 g/mol. The molecule has 4 aromatic rings. The third-order valence-corrected chi connectivity index (χ3v) is 11.1. The minimum atomic E-state index is -5.08. The number of halogens is 6. The van der Waals surface area contributed by atoms with Gasteiger partial charge in [-0.3, -0.25) is 49.2 Å². The molecule has 4 aromatic carbocycles. The van der Waals surface area contributed by atoms with Gasteiger partial charge in [0.05, 0.1) is 25.2 Å². The maximum Gasteiger partial charge on any atom is 0.490 e. The SMILES string of the molecule is N[C@@H](Cc1ccc(O)cc1)C(=O)N[C@@H]1C/C=C\C[C@@H](NC(=O)[C@@H](N)Cc2ccc(O)cc2)C(=O)NCC(=O)N[C@@H](Cc2ccccc2)C(=O)NNC(=O)[C@H](Cc2ccccc2)NC(=O)CNC1=O.O=C(O)C(F)(F)F.O=C(O)C(F)(F)F. The average molecular weight is 1160 g/mol. The van der Waals surface area contributed by atoms with Gasteiger partial charge in [0.25, 0.3) is 11.8 Å². The number of phenols is 2. The van der Waals surface area contributed by atoms with Gasteiger partial charge in [0.2, 0.25) is 35.4 Å². The maximum absolute atomic E-state index is 13.7. The summed E-state index contributed by atoms with van der Waals surface area (Å²) in [4.78, 5) is 126. The standard InChI is InChI=1S/C48H56N10O10.2C2HF3O2/c49-35(23-31-15-19-33(59)20-16-31)43(63)55-37-13-7-8-14-38(56-44(64)36(50)24-32-17-21-34(60)22-18-32)46(66)52-28-42(62)54-40(26-30-11-5-2-6-12-30)48(68)58-57-47(67)39(25-29-9-3-1-4-10-29)53-41(61)27-51-45(37)65;2*3-2(4,5)1(6)7/h1-12,15-22,35-40,59-60H,13-14,23-28,49-50H2,(H,51,65)(H,52,66)(H,53,61)(H,54,62)(H,55,63)(H,56,64)(H,57,67)(H,58,68);2*(H,6,7)/b8-7-;;/t35-,36-,37+,38+,39-,40-;;/m0../s1. The number of benzene rings is 4. The van der Waals surface area contributed by atoms with Gasteiger partial charge in [-0.1, -0.05) is 97.1 Å². The van der Waals surface area contributed by atoms with Gasteiger partial charge in [-0.25, -0.2) is 9.59 Å². The van der Waals surface area contributed by atoms with E-state index in [2.05, 4.69) is 42.8 Å². The van der Waals surface area contributed by atoms with Crippen molar-refractivity contribution in [3.8, 4) is 11.5 Å². The summed E-state index contributed by atoms with van der Waals surface area (Å²) in [6.45, 7) is -1.30. The minimum Gasteiger partial charge on any atom is -0.508 e. The van der Waals surface area contributed by atoms with Crippen LogP contribution in [0.1, 0.15) is 35.1 Å². The fourth-order valence-electron chi connectivity index (χ4n) is 6.93. The first-order chi connectivity index (χ1) is 38.5. The van der Waals surface area contributed by atoms with Crippen LogP contribution < -0.4 is 54.2 Å². The number of aromatic hydroxyl groups is 2. The molecule has 82 heavy (non-hydrogen) atoms. The van der Waals surface area contributed by atoms with Crippen molar-refractivity contribution in [2.24, 2.45) is 11.5 Å². The van der Waals surface area contributed by atoms with Crippen LogP contribution in [-0.4, -0.2) is 141 Å². The molecule has 0 fully saturated rings. The zero-order valence-corrected chi connectivity index (χ0v) is 43.0. The molecule has 30 heteroatoms. The van der Waals surface area contributed by atoms with E-state index in [4.69, 9.17) is 31.3 Å². The van der Waals surface area contributed by atoms with Crippen LogP contribution in [0.25, 0.3) is 0 Å². The Bertz CT molecular complexity index is 2660. The van der Waals surface area contributed by atoms with Crippen LogP contribution in [0.4, 0.5) is 26.3 Å². The number of carbonyl (C=O) groups is 10. The molecule has 0 saturated carbocycles. The number of nitrogens with one attached hydrogen (secondary N) is 8. The Morgan fingerprint density at radius 2 is 0.805 bits per heavy atom. The van der Waals surface area contributed by atoms with E-state index in [0.29, 0.717) is 22.3 Å². The summed E-state index contributed by atoms with van der Waals surface area (Å²) in [5.41, 5.74) is 19.6. The first-order valence-electron chi connectivity index (χ1n) is 24.3. The molecule has 442 valence electrons. The molecule has 0 unspecified atom stereocenters. The van der Waals surface area contributed by atoms with E-state index >= 15 is 0 Å². The molecular formula is C52H58F6N10O14. The van der Waals surface area contributed by atoms with Crippen molar-refractivity contribution >= 4 is 59.2 Å². The number of nitrogens with two attached hydrogens (primary N) is 2. The zero-order chi connectivity index (χ0) is 61.2. The molecule has 0 aliphatic carbocycles. The van der Waals surface area contributed by atoms with Gasteiger partial charge in [-0.05, 0) is 72.2 Å². The van der Waals surface area contributed by atoms with Crippen LogP contribution in [0.15, 0.2) is 121 Å². The molecule has 0 saturated heterocycles. The Balaban J connectivity index is 0.00000111. The maximum atomic E-state index is 13.7. The van der Waals surface area contributed by atoms with Crippen molar-refractivity contribution in [2.45, 2.75) is 87.1 Å². The van der Waals surface area contributed by atoms with Crippen molar-refractivity contribution in [3.05, 3.63) is 144 Å². The lowest BCUT2D eigenvalue weighted by molar-refractivity contribution is -0.193. The smallest absolute Gasteiger partial charge is 0.490 e. The van der Waals surface area contributed by atoms with Crippen LogP contribution in [0.2, 0.25) is 0 Å². The first kappa shape index (κ1) is 66.7. The summed E-state index contributed by atoms with van der Waals surface area (Å²) in [5.74, 6) is -11.8. The van der Waals surface area contributed by atoms with Gasteiger partial charge >= 0.3 is 24.3 Å². The molecule has 1 aliphatic heterocycles. The highest BCUT2D eigenvalue weighted by molar-refractivity contribution is 5.96. The molecule has 6 atom stereocenters. The van der Waals surface area contributed by atoms with Gasteiger partial charge in [0.15, 0.2) is 0 Å². The van der Waals surface area contributed by atoms with E-state index in [0.717, 1.165) is 0 Å². The molecule has 5 rings (SSSR count). The quantitative estimate of drug-likeness (QED) is 0.0654. The number of amides is 8. The predicted octanol–water partition coefficient (Wildman–Crippen LogP) is -0.0414. The molecule has 0 bridgehead atoms. The average Bonchev–Trinajstić information content (AvgIpc) is 3.44. The van der Waals surface area contributed by atoms with Crippen LogP contribution in [0.5, 0.6) is 11.5 Å². The lowest BCUT2D eigenvalue weighted by Gasteiger charge is -2.23. The Morgan fingerprint density at radius 3 is 1.10 bits per heavy atom. The second-order valence-electron chi connectivity index (χ2n) is 17.7. The van der Waals surface area contributed by atoms with E-state index in [1.807, 2.05) is 0 Å². The van der Waals surface area contributed by atoms with Gasteiger partial charge in [0.1, 0.15) is 35.7 Å². The zero-order valence-electron chi connectivity index (χ0n) is 43.0. The number of hydrogen-bond acceptors (Lipinski definition) is 14. The van der Waals surface area contributed by atoms with E-state index in [1.165, 1.54) is 36.4 Å². The second-order valence-corrected chi connectivity index (χ2v) is 17.7. The highest BCUT2D eigenvalue weighted by Crippen LogP contribution is 2.16. The molecule has 16 N–H and O–H groups in total. The molecule has 24 nitrogen and oxygen atoms in total. The number of rotatable bonds is 12. The lowest BCUT2D eigenvalue weighted by atomic mass is 10.0. The van der Waals surface area contributed by atoms with Crippen LogP contribution in [0, 0.1) is 0 Å². The molecule has 0 radical (unpaired) electrons. The van der Waals surface area contributed by atoms with Crippen molar-refractivity contribution in [3.63, 3.8) is 0 Å². The molecule has 0 aromatic heterocycles. The number of phenolic OH excluding ortho intramolecular Hbond substituents is 2. The minimum absolute atomic E-state index is 0.0154. The molecular weight excluding hydrogens is 1100 g/mol. The Kier molecular flexibility index (Phi) is 26.4. The van der Waals surface area contributed by atoms with Gasteiger partial charge in [-0.2, -0.15) is 26.3 Å². The summed E-state index contributed by atoms with van der Waals surface area (Å²) in [7, 11) is 0. The molecule has 0 spiro atoms. The second kappa shape index (κ2) is 32.5. The molecule has 8 amide bonds. The Labute approximate surface area is 462 Å². The normalized spacial score (nSPS) is 18.9. The highest BCUT2D eigenvalue weighted by atomic mass is 19.4. The fraction of sp³-hybridized carbons (Fsp3) is 0.308. The van der Waals surface area contributed by atoms with E-state index in [9.17, 15) is 74.9 Å². The highest BCUT2D eigenvalue weighted by Gasteiger charge is 2.39. The van der Waals surface area contributed by atoms with E-state index in [-0.39, 0.29) is 50.0 Å². The number of carboxylic acid groups (broad SMARTS) is 2. The summed E-state index contributed by atoms with van der Waals surface area (Å²) in [6.07, 6.45) is -7.60. The van der Waals surface area contributed by atoms with Crippen LogP contribution >= 0.6 is 0 Å². The predicted molar refractivity (Wildman–Crippen MR) is 276 cm³/mol. The number of alkyl halides is 6. The topological polar surface area (TPSA) is 400 Å². The number of carboxylic acids is 2. The largest absolute Gasteiger partial charge is 0.508 e. The van der Waals surface area contributed by atoms with Gasteiger partial charge in [-0.15, -0.1) is 0 Å². The number of carbonyl (C=O) groups excluding carboxylic acids is 8. The third-order valence-electron chi connectivity index (χ3n) is 11.1. The van der Waals surface area contributed by atoms with Crippen LogP contribution in [0.3, 0.4) is 0 Å². The Hall–Kier alpha value is -9.58. The third kappa shape index (κ3) is 25.0. The van der Waals surface area contributed by atoms with Crippen molar-refractivity contribution < 1.29 is 94.7 Å². The Morgan fingerprint density at radius 1 is 0.500 bits per heavy atom. The summed E-state index contributed by atoms with van der Waals surface area (Å²) in [6, 6.07) is 21.9. The number of hydrogen-bond donors (Lipinski definition) is 14. The summed E-state index contributed by atoms with van der Waals surface area (Å²) >= 11 is 0. The summed E-state index contributed by atoms with van der Waals surface area (Å²) < 4.78 is 63.5. The number of aliphatic carboxylic acids is 2. The van der Waals surface area contributed by atoms with Crippen molar-refractivity contribution in [1.82, 2.24) is 42.8 Å². The van der Waals surface area contributed by atoms with Crippen LogP contribution in [-0.2, 0) is 73.6 Å². The van der Waals surface area contributed by atoms with E-state index < -0.39 is 121 Å². The van der Waals surface area contributed by atoms with Gasteiger partial charge < -0.3 is 63.8 Å². The van der Waals surface area contributed by atoms with E-state index in [1.54, 1.807) is 84.9 Å². The molecule has 1 heterocycles. The fourth-order valence-corrected chi connectivity index (χ4v) is 6.93. The van der Waals surface area contributed by atoms with Crippen molar-refractivity contribution in [2.75, 3.05) is 13.1 Å². The first-order valence-corrected chi connectivity index (χ1v) is 24.3.